The Hall–Kier alpha value is -4.64. The second-order valence-electron chi connectivity index (χ2n) is 7.78. The third kappa shape index (κ3) is 6.24. The number of hydrogen-bond acceptors (Lipinski definition) is 5. The van der Waals surface area contributed by atoms with Gasteiger partial charge in [0.1, 0.15) is 34.5 Å². The van der Waals surface area contributed by atoms with E-state index in [2.05, 4.69) is 0 Å². The molecule has 0 bridgehead atoms. The molecule has 0 spiro atoms. The average Bonchev–Trinajstić information content (AvgIpc) is 2.88. The number of phenolic OH excluding ortho intramolecular Hbond substituents is 2. The summed E-state index contributed by atoms with van der Waals surface area (Å²) in [5.41, 5.74) is 3.13. The molecule has 4 aromatic rings. The highest BCUT2D eigenvalue weighted by Gasteiger charge is 2.12. The summed E-state index contributed by atoms with van der Waals surface area (Å²) in [6.07, 6.45) is 3.69. The van der Waals surface area contributed by atoms with Crippen molar-refractivity contribution >= 4 is 23.7 Å². The van der Waals surface area contributed by atoms with Crippen molar-refractivity contribution in [2.24, 2.45) is 0 Å². The summed E-state index contributed by atoms with van der Waals surface area (Å²) in [5.74, 6) is 2.40. The predicted molar refractivity (Wildman–Crippen MR) is 139 cm³/mol. The largest absolute Gasteiger partial charge is 0.508 e. The molecule has 0 amide bonds. The minimum absolute atomic E-state index is 0.0914. The van der Waals surface area contributed by atoms with Gasteiger partial charge in [-0.2, -0.15) is 0 Å². The van der Waals surface area contributed by atoms with Crippen molar-refractivity contribution in [2.75, 3.05) is 14.2 Å². The minimum atomic E-state index is 0.0914. The minimum Gasteiger partial charge on any atom is -0.508 e. The van der Waals surface area contributed by atoms with Crippen LogP contribution in [0.15, 0.2) is 97.1 Å². The summed E-state index contributed by atoms with van der Waals surface area (Å²) in [5, 5.41) is 20.3. The van der Waals surface area contributed by atoms with Gasteiger partial charge in [-0.05, 0) is 47.5 Å². The van der Waals surface area contributed by atoms with Crippen LogP contribution in [0.3, 0.4) is 0 Å². The number of ether oxygens (including phenoxy) is 3. The summed E-state index contributed by atoms with van der Waals surface area (Å²) in [4.78, 5) is 0. The zero-order valence-corrected chi connectivity index (χ0v) is 19.5. The molecule has 0 radical (unpaired) electrons. The van der Waals surface area contributed by atoms with Gasteiger partial charge >= 0.3 is 0 Å². The Morgan fingerprint density at radius 2 is 0.971 bits per heavy atom. The van der Waals surface area contributed by atoms with E-state index >= 15 is 0 Å². The lowest BCUT2D eigenvalue weighted by molar-refractivity contribution is 0.407. The lowest BCUT2D eigenvalue weighted by Crippen LogP contribution is -1.95. The highest BCUT2D eigenvalue weighted by Crippen LogP contribution is 2.32. The fourth-order valence-corrected chi connectivity index (χ4v) is 3.58. The third-order valence-corrected chi connectivity index (χ3v) is 5.23. The van der Waals surface area contributed by atoms with Gasteiger partial charge in [0, 0.05) is 23.3 Å². The first-order valence-corrected chi connectivity index (χ1v) is 11.0. The lowest BCUT2D eigenvalue weighted by Gasteiger charge is -2.15. The van der Waals surface area contributed by atoms with Crippen LogP contribution in [0.25, 0.3) is 23.7 Å². The predicted octanol–water partition coefficient (Wildman–Crippen LogP) is 6.83. The van der Waals surface area contributed by atoms with Gasteiger partial charge in [-0.25, -0.2) is 0 Å². The van der Waals surface area contributed by atoms with Gasteiger partial charge < -0.3 is 24.4 Å². The van der Waals surface area contributed by atoms with Crippen LogP contribution in [0.4, 0.5) is 0 Å². The first kappa shape index (κ1) is 23.5. The zero-order chi connectivity index (χ0) is 24.6. The van der Waals surface area contributed by atoms with E-state index in [4.69, 9.17) is 14.2 Å². The molecule has 0 aliphatic heterocycles. The molecule has 2 N–H and O–H groups in total. The topological polar surface area (TPSA) is 68.2 Å². The van der Waals surface area contributed by atoms with Crippen LogP contribution in [0.2, 0.25) is 0 Å². The maximum absolute atomic E-state index is 10.1. The van der Waals surface area contributed by atoms with Gasteiger partial charge in [0.05, 0.1) is 14.2 Å². The monoisotopic (exact) mass is 466 g/mol. The first-order valence-electron chi connectivity index (χ1n) is 11.0. The van der Waals surface area contributed by atoms with Crippen molar-refractivity contribution < 1.29 is 24.4 Å². The van der Waals surface area contributed by atoms with E-state index in [0.717, 1.165) is 11.1 Å². The van der Waals surface area contributed by atoms with E-state index in [1.807, 2.05) is 84.9 Å². The molecule has 0 saturated heterocycles. The van der Waals surface area contributed by atoms with Gasteiger partial charge in [-0.15, -0.1) is 0 Å². The molecular formula is C30H26O5. The molecule has 0 aliphatic rings. The fourth-order valence-electron chi connectivity index (χ4n) is 3.58. The van der Waals surface area contributed by atoms with Crippen LogP contribution in [0.1, 0.15) is 22.3 Å². The van der Waals surface area contributed by atoms with Crippen molar-refractivity contribution in [1.82, 2.24) is 0 Å². The molecule has 5 nitrogen and oxygen atoms in total. The van der Waals surface area contributed by atoms with Gasteiger partial charge in [0.15, 0.2) is 0 Å². The molecule has 4 rings (SSSR count). The standard InChI is InChI=1S/C30H26O5/c1-33-27-15-21(13-25(31)19-27)17-29(23-9-5-3-6-10-23)35-30(24-11-7-4-8-12-24)18-22-14-26(32)20-28(16-22)34-2/h3-20,31-32H,1-2H3. The fraction of sp³-hybridized carbons (Fsp3) is 0.0667. The van der Waals surface area contributed by atoms with E-state index in [9.17, 15) is 10.2 Å². The van der Waals surface area contributed by atoms with Crippen LogP contribution in [0.5, 0.6) is 23.0 Å². The number of methoxy groups -OCH3 is 2. The molecular weight excluding hydrogens is 440 g/mol. The van der Waals surface area contributed by atoms with Crippen LogP contribution >= 0.6 is 0 Å². The average molecular weight is 467 g/mol. The van der Waals surface area contributed by atoms with E-state index in [1.54, 1.807) is 38.5 Å². The smallest absolute Gasteiger partial charge is 0.135 e. The number of hydrogen-bond donors (Lipinski definition) is 2. The van der Waals surface area contributed by atoms with Crippen LogP contribution < -0.4 is 9.47 Å². The quantitative estimate of drug-likeness (QED) is 0.220. The SMILES string of the molecule is COc1cc(O)cc(C=C(OC(=Cc2cc(O)cc(OC)c2)c2ccccc2)c2ccccc2)c1. The molecule has 4 aromatic carbocycles. The Morgan fingerprint density at radius 1 is 0.571 bits per heavy atom. The number of phenols is 2. The Kier molecular flexibility index (Phi) is 7.38. The van der Waals surface area contributed by atoms with Gasteiger partial charge in [0.25, 0.3) is 0 Å². The first-order chi connectivity index (χ1) is 17.0. The highest BCUT2D eigenvalue weighted by atomic mass is 16.5. The molecule has 0 fully saturated rings. The molecule has 0 atom stereocenters. The summed E-state index contributed by atoms with van der Waals surface area (Å²) in [6, 6.07) is 29.4. The van der Waals surface area contributed by atoms with E-state index in [1.165, 1.54) is 0 Å². The summed E-state index contributed by atoms with van der Waals surface area (Å²) in [6.45, 7) is 0. The Morgan fingerprint density at radius 3 is 1.34 bits per heavy atom. The molecule has 176 valence electrons. The normalized spacial score (nSPS) is 11.7. The summed E-state index contributed by atoms with van der Waals surface area (Å²) >= 11 is 0. The molecule has 5 heteroatoms. The number of rotatable bonds is 8. The van der Waals surface area contributed by atoms with Crippen molar-refractivity contribution in [3.05, 3.63) is 119 Å². The van der Waals surface area contributed by atoms with E-state index in [-0.39, 0.29) is 11.5 Å². The molecule has 0 heterocycles. The Balaban J connectivity index is 1.84. The maximum atomic E-state index is 10.1. The summed E-state index contributed by atoms with van der Waals surface area (Å²) < 4.78 is 17.2. The highest BCUT2D eigenvalue weighted by molar-refractivity contribution is 5.86. The van der Waals surface area contributed by atoms with Crippen molar-refractivity contribution in [3.8, 4) is 23.0 Å². The third-order valence-electron chi connectivity index (χ3n) is 5.23. The lowest BCUT2D eigenvalue weighted by atomic mass is 10.1. The molecule has 35 heavy (non-hydrogen) atoms. The van der Waals surface area contributed by atoms with Gasteiger partial charge in [0.2, 0.25) is 0 Å². The van der Waals surface area contributed by atoms with Crippen LogP contribution in [0, 0.1) is 0 Å². The van der Waals surface area contributed by atoms with E-state index < -0.39 is 0 Å². The van der Waals surface area contributed by atoms with E-state index in [0.29, 0.717) is 34.1 Å². The molecule has 0 aliphatic carbocycles. The zero-order valence-electron chi connectivity index (χ0n) is 19.5. The van der Waals surface area contributed by atoms with Crippen LogP contribution in [-0.4, -0.2) is 24.4 Å². The van der Waals surface area contributed by atoms with Crippen molar-refractivity contribution in [1.29, 1.82) is 0 Å². The Labute approximate surface area is 204 Å². The molecule has 0 aromatic heterocycles. The summed E-state index contributed by atoms with van der Waals surface area (Å²) in [7, 11) is 3.10. The second-order valence-corrected chi connectivity index (χ2v) is 7.78. The maximum Gasteiger partial charge on any atom is 0.135 e. The van der Waals surface area contributed by atoms with Crippen molar-refractivity contribution in [3.63, 3.8) is 0 Å². The van der Waals surface area contributed by atoms with Gasteiger partial charge in [-0.3, -0.25) is 0 Å². The van der Waals surface area contributed by atoms with Gasteiger partial charge in [-0.1, -0.05) is 60.7 Å². The molecule has 0 saturated carbocycles. The number of aromatic hydroxyl groups is 2. The Bertz CT molecular complexity index is 1240. The second kappa shape index (κ2) is 11.0. The molecule has 0 unspecified atom stereocenters. The number of benzene rings is 4. The van der Waals surface area contributed by atoms with Crippen molar-refractivity contribution in [2.45, 2.75) is 0 Å². The van der Waals surface area contributed by atoms with Crippen LogP contribution in [-0.2, 0) is 4.74 Å².